The van der Waals surface area contributed by atoms with Crippen molar-refractivity contribution in [1.29, 1.82) is 0 Å². The van der Waals surface area contributed by atoms with Gasteiger partial charge in [0.2, 0.25) is 5.91 Å². The standard InChI is InChI=1S/C18H21ClN6O3/c1-21-18(28)14-15(16(20)26)25(9-23-14)11-4-2-10(3-5-11)17(27)24-13-6-7-22-8-12(13)19/h6-11H,2-5H2,1H3,(H2,20,26)(H,21,28)(H,22,24,27)/t10-,11-. The molecule has 1 aliphatic rings. The summed E-state index contributed by atoms with van der Waals surface area (Å²) in [5.41, 5.74) is 6.11. The summed E-state index contributed by atoms with van der Waals surface area (Å²) >= 11 is 6.03. The van der Waals surface area contributed by atoms with Crippen molar-refractivity contribution < 1.29 is 14.4 Å². The van der Waals surface area contributed by atoms with E-state index in [0.717, 1.165) is 0 Å². The normalized spacial score (nSPS) is 19.1. The number of carbonyl (C=O) groups excluding carboxylic acids is 3. The molecule has 1 fully saturated rings. The smallest absolute Gasteiger partial charge is 0.272 e. The molecule has 0 radical (unpaired) electrons. The summed E-state index contributed by atoms with van der Waals surface area (Å²) in [6, 6.07) is 1.60. The fourth-order valence-corrected chi connectivity index (χ4v) is 3.66. The number of nitrogens with two attached hydrogens (primary N) is 1. The SMILES string of the molecule is CNC(=O)c1ncn([C@H]2CC[C@H](C(=O)Nc3ccncc3Cl)CC2)c1C(N)=O. The van der Waals surface area contributed by atoms with Crippen molar-refractivity contribution in [2.45, 2.75) is 31.7 Å². The van der Waals surface area contributed by atoms with E-state index in [-0.39, 0.29) is 29.3 Å². The van der Waals surface area contributed by atoms with Gasteiger partial charge in [-0.25, -0.2) is 4.98 Å². The molecule has 1 aliphatic carbocycles. The molecule has 0 aromatic carbocycles. The van der Waals surface area contributed by atoms with Gasteiger partial charge < -0.3 is 20.9 Å². The molecular formula is C18H21ClN6O3. The Bertz CT molecular complexity index is 904. The molecule has 28 heavy (non-hydrogen) atoms. The highest BCUT2D eigenvalue weighted by Gasteiger charge is 2.31. The maximum absolute atomic E-state index is 12.5. The molecule has 148 valence electrons. The van der Waals surface area contributed by atoms with E-state index >= 15 is 0 Å². The molecule has 2 aromatic rings. The molecule has 0 spiro atoms. The molecular weight excluding hydrogens is 384 g/mol. The molecule has 10 heteroatoms. The number of imidazole rings is 1. The number of anilines is 1. The maximum Gasteiger partial charge on any atom is 0.272 e. The molecule has 2 aromatic heterocycles. The van der Waals surface area contributed by atoms with Gasteiger partial charge in [-0.1, -0.05) is 11.6 Å². The molecule has 0 saturated heterocycles. The number of nitrogens with zero attached hydrogens (tertiary/aromatic N) is 3. The number of hydrogen-bond acceptors (Lipinski definition) is 5. The Kier molecular flexibility index (Phi) is 5.93. The van der Waals surface area contributed by atoms with Crippen LogP contribution in [-0.4, -0.2) is 39.3 Å². The second-order valence-corrected chi connectivity index (χ2v) is 7.05. The Hall–Kier alpha value is -2.94. The molecule has 1 saturated carbocycles. The molecule has 4 N–H and O–H groups in total. The predicted octanol–water partition coefficient (Wildman–Crippen LogP) is 1.76. The third-order valence-corrected chi connectivity index (χ3v) is 5.26. The first kappa shape index (κ1) is 19.8. The zero-order valence-electron chi connectivity index (χ0n) is 15.3. The zero-order valence-corrected chi connectivity index (χ0v) is 16.1. The summed E-state index contributed by atoms with van der Waals surface area (Å²) in [5, 5.41) is 5.67. The van der Waals surface area contributed by atoms with E-state index in [2.05, 4.69) is 20.6 Å². The van der Waals surface area contributed by atoms with E-state index < -0.39 is 11.8 Å². The van der Waals surface area contributed by atoms with Gasteiger partial charge in [0.1, 0.15) is 5.69 Å². The minimum atomic E-state index is -0.705. The lowest BCUT2D eigenvalue weighted by molar-refractivity contribution is -0.121. The first-order valence-electron chi connectivity index (χ1n) is 8.91. The van der Waals surface area contributed by atoms with Crippen LogP contribution in [0.2, 0.25) is 5.02 Å². The second kappa shape index (κ2) is 8.39. The largest absolute Gasteiger partial charge is 0.364 e. The summed E-state index contributed by atoms with van der Waals surface area (Å²) in [4.78, 5) is 44.3. The van der Waals surface area contributed by atoms with E-state index in [4.69, 9.17) is 17.3 Å². The molecule has 3 rings (SSSR count). The van der Waals surface area contributed by atoms with Crippen molar-refractivity contribution in [3.8, 4) is 0 Å². The third kappa shape index (κ3) is 3.99. The Morgan fingerprint density at radius 3 is 2.57 bits per heavy atom. The lowest BCUT2D eigenvalue weighted by Gasteiger charge is -2.29. The molecule has 0 atom stereocenters. The molecule has 2 heterocycles. The van der Waals surface area contributed by atoms with Crippen molar-refractivity contribution >= 4 is 35.0 Å². The van der Waals surface area contributed by atoms with Crippen LogP contribution in [-0.2, 0) is 4.79 Å². The van der Waals surface area contributed by atoms with Crippen LogP contribution in [0.25, 0.3) is 0 Å². The van der Waals surface area contributed by atoms with Crippen LogP contribution in [0.3, 0.4) is 0 Å². The van der Waals surface area contributed by atoms with Crippen molar-refractivity contribution in [3.63, 3.8) is 0 Å². The van der Waals surface area contributed by atoms with Gasteiger partial charge in [-0.05, 0) is 31.7 Å². The number of pyridine rings is 1. The lowest BCUT2D eigenvalue weighted by Crippen LogP contribution is -2.30. The van der Waals surface area contributed by atoms with Crippen molar-refractivity contribution in [1.82, 2.24) is 19.9 Å². The summed E-state index contributed by atoms with van der Waals surface area (Å²) in [5.74, 6) is -1.43. The van der Waals surface area contributed by atoms with E-state index in [0.29, 0.717) is 36.4 Å². The highest BCUT2D eigenvalue weighted by atomic mass is 35.5. The average Bonchev–Trinajstić information content (AvgIpc) is 3.14. The number of primary amides is 1. The van der Waals surface area contributed by atoms with E-state index in [1.165, 1.54) is 19.6 Å². The van der Waals surface area contributed by atoms with E-state index in [1.807, 2.05) is 0 Å². The minimum Gasteiger partial charge on any atom is -0.364 e. The van der Waals surface area contributed by atoms with Gasteiger partial charge in [0.05, 0.1) is 17.0 Å². The van der Waals surface area contributed by atoms with E-state index in [1.54, 1.807) is 16.8 Å². The van der Waals surface area contributed by atoms with Crippen molar-refractivity contribution in [2.24, 2.45) is 11.7 Å². The number of aromatic nitrogens is 3. The number of halogens is 1. The first-order chi connectivity index (χ1) is 13.4. The van der Waals surface area contributed by atoms with Gasteiger partial charge in [-0.3, -0.25) is 19.4 Å². The van der Waals surface area contributed by atoms with Crippen LogP contribution >= 0.6 is 11.6 Å². The zero-order chi connectivity index (χ0) is 20.3. The quantitative estimate of drug-likeness (QED) is 0.698. The summed E-state index contributed by atoms with van der Waals surface area (Å²) in [6.45, 7) is 0. The summed E-state index contributed by atoms with van der Waals surface area (Å²) < 4.78 is 1.65. The van der Waals surface area contributed by atoms with Gasteiger partial charge in [0.25, 0.3) is 11.8 Å². The highest BCUT2D eigenvalue weighted by molar-refractivity contribution is 6.33. The Morgan fingerprint density at radius 2 is 1.96 bits per heavy atom. The third-order valence-electron chi connectivity index (χ3n) is 4.96. The highest BCUT2D eigenvalue weighted by Crippen LogP contribution is 2.34. The molecule has 0 bridgehead atoms. The molecule has 0 unspecified atom stereocenters. The van der Waals surface area contributed by atoms with Crippen LogP contribution < -0.4 is 16.4 Å². The van der Waals surface area contributed by atoms with Crippen molar-refractivity contribution in [2.75, 3.05) is 12.4 Å². The molecule has 0 aliphatic heterocycles. The maximum atomic E-state index is 12.5. The van der Waals surface area contributed by atoms with Crippen LogP contribution in [0.1, 0.15) is 52.7 Å². The van der Waals surface area contributed by atoms with Gasteiger partial charge in [0.15, 0.2) is 5.69 Å². The predicted molar refractivity (Wildman–Crippen MR) is 103 cm³/mol. The average molecular weight is 405 g/mol. The Morgan fingerprint density at radius 1 is 1.25 bits per heavy atom. The van der Waals surface area contributed by atoms with Crippen LogP contribution in [0.15, 0.2) is 24.8 Å². The first-order valence-corrected chi connectivity index (χ1v) is 9.29. The van der Waals surface area contributed by atoms with Gasteiger partial charge in [-0.15, -0.1) is 0 Å². The Labute approximate surface area is 166 Å². The van der Waals surface area contributed by atoms with Gasteiger partial charge in [0, 0.05) is 31.4 Å². The molecule has 9 nitrogen and oxygen atoms in total. The Balaban J connectivity index is 1.68. The van der Waals surface area contributed by atoms with Crippen LogP contribution in [0, 0.1) is 5.92 Å². The van der Waals surface area contributed by atoms with Gasteiger partial charge in [-0.2, -0.15) is 0 Å². The van der Waals surface area contributed by atoms with Crippen LogP contribution in [0.5, 0.6) is 0 Å². The topological polar surface area (TPSA) is 132 Å². The number of amides is 3. The monoisotopic (exact) mass is 404 g/mol. The van der Waals surface area contributed by atoms with Gasteiger partial charge >= 0.3 is 0 Å². The van der Waals surface area contributed by atoms with E-state index in [9.17, 15) is 14.4 Å². The fourth-order valence-electron chi connectivity index (χ4n) is 3.49. The lowest BCUT2D eigenvalue weighted by atomic mass is 9.85. The number of rotatable bonds is 5. The summed E-state index contributed by atoms with van der Waals surface area (Å²) in [6.07, 6.45) is 7.08. The number of hydrogen-bond donors (Lipinski definition) is 3. The number of carbonyl (C=O) groups is 3. The van der Waals surface area contributed by atoms with Crippen molar-refractivity contribution in [3.05, 3.63) is 41.2 Å². The molecule has 3 amide bonds. The fraction of sp³-hybridized carbons (Fsp3) is 0.389. The second-order valence-electron chi connectivity index (χ2n) is 6.64. The van der Waals surface area contributed by atoms with Crippen LogP contribution in [0.4, 0.5) is 5.69 Å². The minimum absolute atomic E-state index is 0.0159. The number of nitrogens with one attached hydrogen (secondary N) is 2. The summed E-state index contributed by atoms with van der Waals surface area (Å²) in [7, 11) is 1.46.